The zero-order valence-corrected chi connectivity index (χ0v) is 17.0. The summed E-state index contributed by atoms with van der Waals surface area (Å²) in [6, 6.07) is 0. The Hall–Kier alpha value is -1.67. The normalized spacial score (nSPS) is 14.8. The number of furan rings is 1. The first-order valence-electron chi connectivity index (χ1n) is 8.47. The van der Waals surface area contributed by atoms with Crippen LogP contribution in [-0.2, 0) is 16.0 Å². The molecule has 1 saturated heterocycles. The van der Waals surface area contributed by atoms with Gasteiger partial charge in [0.2, 0.25) is 0 Å². The maximum absolute atomic E-state index is 12.4. The maximum Gasteiger partial charge on any atom is 0.342 e. The minimum Gasteiger partial charge on any atom is -0.504 e. The van der Waals surface area contributed by atoms with E-state index < -0.39 is 5.97 Å². The summed E-state index contributed by atoms with van der Waals surface area (Å²) in [6.07, 6.45) is 0. The molecule has 0 bridgehead atoms. The molecule has 150 valence electrons. The molecule has 3 rings (SSSR count). The highest BCUT2D eigenvalue weighted by atomic mass is 35.5. The molecule has 7 nitrogen and oxygen atoms in total. The van der Waals surface area contributed by atoms with Crippen molar-refractivity contribution >= 4 is 40.9 Å². The van der Waals surface area contributed by atoms with Crippen LogP contribution >= 0.6 is 24.0 Å². The monoisotopic (exact) mass is 419 g/mol. The number of fused-ring (bicyclic) bond motifs is 1. The summed E-state index contributed by atoms with van der Waals surface area (Å²) in [6.45, 7) is 6.88. The van der Waals surface area contributed by atoms with Crippen molar-refractivity contribution in [2.75, 3.05) is 40.0 Å². The van der Waals surface area contributed by atoms with Crippen molar-refractivity contribution in [3.05, 3.63) is 21.9 Å². The largest absolute Gasteiger partial charge is 0.504 e. The minimum absolute atomic E-state index is 0. The molecule has 0 atom stereocenters. The van der Waals surface area contributed by atoms with E-state index in [1.807, 2.05) is 0 Å². The molecule has 0 aliphatic carbocycles. The first-order chi connectivity index (χ1) is 12.5. The third-order valence-corrected chi connectivity index (χ3v) is 4.84. The number of ether oxygens (including phenoxy) is 3. The Morgan fingerprint density at radius 3 is 2.59 bits per heavy atom. The maximum atomic E-state index is 12.4. The van der Waals surface area contributed by atoms with E-state index in [1.165, 1.54) is 7.11 Å². The van der Waals surface area contributed by atoms with E-state index in [1.54, 1.807) is 13.8 Å². The highest BCUT2D eigenvalue weighted by Gasteiger charge is 2.30. The first-order valence-corrected chi connectivity index (χ1v) is 8.84. The molecule has 0 amide bonds. The van der Waals surface area contributed by atoms with Gasteiger partial charge in [0, 0.05) is 25.2 Å². The van der Waals surface area contributed by atoms with Crippen LogP contribution in [0.3, 0.4) is 0 Å². The molecule has 0 saturated carbocycles. The Kier molecular flexibility index (Phi) is 7.22. The number of hydrogen-bond donors (Lipinski definition) is 1. The molecule has 9 heteroatoms. The third-order valence-electron chi connectivity index (χ3n) is 4.44. The molecule has 27 heavy (non-hydrogen) atoms. The van der Waals surface area contributed by atoms with E-state index in [-0.39, 0.29) is 46.5 Å². The highest BCUT2D eigenvalue weighted by Crippen LogP contribution is 2.47. The van der Waals surface area contributed by atoms with Crippen molar-refractivity contribution in [2.45, 2.75) is 20.4 Å². The zero-order valence-electron chi connectivity index (χ0n) is 15.5. The fraction of sp³-hybridized carbons (Fsp3) is 0.500. The lowest BCUT2D eigenvalue weighted by molar-refractivity contribution is 0.0342. The van der Waals surface area contributed by atoms with E-state index >= 15 is 0 Å². The van der Waals surface area contributed by atoms with Gasteiger partial charge in [0.15, 0.2) is 11.5 Å². The second-order valence-corrected chi connectivity index (χ2v) is 6.40. The molecule has 2 heterocycles. The van der Waals surface area contributed by atoms with Gasteiger partial charge < -0.3 is 23.7 Å². The summed E-state index contributed by atoms with van der Waals surface area (Å²) in [5, 5.41) is 11.2. The summed E-state index contributed by atoms with van der Waals surface area (Å²) in [5.74, 6) is -0.297. The summed E-state index contributed by atoms with van der Waals surface area (Å²) < 4.78 is 21.6. The summed E-state index contributed by atoms with van der Waals surface area (Å²) in [5.41, 5.74) is 1.23. The average molecular weight is 420 g/mol. The number of esters is 1. The van der Waals surface area contributed by atoms with Crippen molar-refractivity contribution in [3.63, 3.8) is 0 Å². The lowest BCUT2D eigenvalue weighted by Gasteiger charge is -2.27. The first kappa shape index (κ1) is 21.6. The van der Waals surface area contributed by atoms with E-state index in [4.69, 9.17) is 30.2 Å². The summed E-state index contributed by atoms with van der Waals surface area (Å²) >= 11 is 6.50. The van der Waals surface area contributed by atoms with Crippen LogP contribution in [-0.4, -0.2) is 56.0 Å². The van der Waals surface area contributed by atoms with Gasteiger partial charge in [0.25, 0.3) is 0 Å². The number of aromatic hydroxyl groups is 1. The van der Waals surface area contributed by atoms with E-state index in [2.05, 4.69) is 4.90 Å². The van der Waals surface area contributed by atoms with Gasteiger partial charge in [0.05, 0.1) is 37.3 Å². The molecule has 1 aromatic heterocycles. The van der Waals surface area contributed by atoms with Gasteiger partial charge in [-0.25, -0.2) is 4.79 Å². The summed E-state index contributed by atoms with van der Waals surface area (Å²) in [4.78, 5) is 14.6. The fourth-order valence-electron chi connectivity index (χ4n) is 3.20. The van der Waals surface area contributed by atoms with Crippen LogP contribution < -0.4 is 4.74 Å². The predicted octanol–water partition coefficient (Wildman–Crippen LogP) is 3.54. The lowest BCUT2D eigenvalue weighted by atomic mass is 10.0. The number of carbonyl (C=O) groups is 1. The van der Waals surface area contributed by atoms with Crippen LogP contribution in [0.15, 0.2) is 4.42 Å². The van der Waals surface area contributed by atoms with Crippen LogP contribution in [0, 0.1) is 6.92 Å². The Labute approximate surface area is 168 Å². The highest BCUT2D eigenvalue weighted by molar-refractivity contribution is 6.34. The Balaban J connectivity index is 0.00000261. The molecular weight excluding hydrogens is 397 g/mol. The molecule has 1 N–H and O–H groups in total. The van der Waals surface area contributed by atoms with Crippen LogP contribution in [0.5, 0.6) is 11.5 Å². The standard InChI is InChI=1S/C18H22ClNO6.ClH/c1-4-25-18(22)12-10(2)26-16-11(9-20-5-7-24-8-6-20)14(19)17(23-3)15(21)13(12)16;/h21H,4-9H2,1-3H3;1H. The number of phenolic OH excluding ortho intramolecular Hbond substituents is 1. The quantitative estimate of drug-likeness (QED) is 0.741. The number of methoxy groups -OCH3 is 1. The molecule has 1 aliphatic heterocycles. The molecule has 1 fully saturated rings. The summed E-state index contributed by atoms with van der Waals surface area (Å²) in [7, 11) is 1.42. The van der Waals surface area contributed by atoms with Gasteiger partial charge in [-0.3, -0.25) is 4.90 Å². The zero-order chi connectivity index (χ0) is 18.8. The van der Waals surface area contributed by atoms with Crippen molar-refractivity contribution in [1.82, 2.24) is 4.90 Å². The molecule has 1 aliphatic rings. The van der Waals surface area contributed by atoms with Crippen molar-refractivity contribution < 1.29 is 28.5 Å². The fourth-order valence-corrected chi connectivity index (χ4v) is 3.51. The smallest absolute Gasteiger partial charge is 0.342 e. The van der Waals surface area contributed by atoms with Gasteiger partial charge in [-0.1, -0.05) is 11.6 Å². The Morgan fingerprint density at radius 1 is 1.33 bits per heavy atom. The van der Waals surface area contributed by atoms with Crippen LogP contribution in [0.1, 0.15) is 28.6 Å². The van der Waals surface area contributed by atoms with Crippen molar-refractivity contribution in [1.29, 1.82) is 0 Å². The number of halogens is 2. The predicted molar refractivity (Wildman–Crippen MR) is 103 cm³/mol. The van der Waals surface area contributed by atoms with E-state index in [0.717, 1.165) is 13.1 Å². The molecule has 0 spiro atoms. The van der Waals surface area contributed by atoms with Crippen LogP contribution in [0.25, 0.3) is 11.0 Å². The molecule has 1 aromatic carbocycles. The number of rotatable bonds is 5. The number of benzene rings is 1. The number of phenols is 1. The van der Waals surface area contributed by atoms with E-state index in [0.29, 0.717) is 36.7 Å². The topological polar surface area (TPSA) is 81.4 Å². The van der Waals surface area contributed by atoms with Gasteiger partial charge in [-0.15, -0.1) is 12.4 Å². The van der Waals surface area contributed by atoms with Gasteiger partial charge in [0.1, 0.15) is 16.9 Å². The van der Waals surface area contributed by atoms with Gasteiger partial charge in [-0.05, 0) is 13.8 Å². The number of morpholine rings is 1. The Bertz CT molecular complexity index is 829. The molecular formula is C18H23Cl2NO6. The lowest BCUT2D eigenvalue weighted by Crippen LogP contribution is -2.35. The van der Waals surface area contributed by atoms with Gasteiger partial charge >= 0.3 is 5.97 Å². The average Bonchev–Trinajstić information content (AvgIpc) is 2.97. The second kappa shape index (κ2) is 9.01. The third kappa shape index (κ3) is 3.96. The SMILES string of the molecule is CCOC(=O)c1c(C)oc2c(CN3CCOCC3)c(Cl)c(OC)c(O)c12.Cl. The van der Waals surface area contributed by atoms with Gasteiger partial charge in [-0.2, -0.15) is 0 Å². The van der Waals surface area contributed by atoms with E-state index in [9.17, 15) is 9.90 Å². The van der Waals surface area contributed by atoms with Crippen molar-refractivity contribution in [3.8, 4) is 11.5 Å². The number of hydrogen-bond acceptors (Lipinski definition) is 7. The number of carbonyl (C=O) groups excluding carboxylic acids is 1. The number of nitrogens with zero attached hydrogens (tertiary/aromatic N) is 1. The van der Waals surface area contributed by atoms with Crippen LogP contribution in [0.2, 0.25) is 5.02 Å². The van der Waals surface area contributed by atoms with Crippen molar-refractivity contribution in [2.24, 2.45) is 0 Å². The number of aryl methyl sites for hydroxylation is 1. The molecule has 0 unspecified atom stereocenters. The van der Waals surface area contributed by atoms with Crippen LogP contribution in [0.4, 0.5) is 0 Å². The minimum atomic E-state index is -0.555. The Morgan fingerprint density at radius 2 is 2.00 bits per heavy atom. The molecule has 0 radical (unpaired) electrons. The second-order valence-electron chi connectivity index (χ2n) is 6.02. The molecule has 2 aromatic rings.